The lowest BCUT2D eigenvalue weighted by molar-refractivity contribution is 0.0953. The number of carbonyl (C=O) groups excluding carboxylic acids is 1. The van der Waals surface area contributed by atoms with Gasteiger partial charge in [0.15, 0.2) is 11.5 Å². The highest BCUT2D eigenvalue weighted by molar-refractivity contribution is 7.17. The molecule has 0 spiro atoms. The molecule has 3 rings (SSSR count). The maximum atomic E-state index is 12.7. The Morgan fingerprint density at radius 2 is 1.83 bits per heavy atom. The first-order valence-electron chi connectivity index (χ1n) is 9.72. The molecule has 6 nitrogen and oxygen atoms in total. The zero-order chi connectivity index (χ0) is 21.5. The summed E-state index contributed by atoms with van der Waals surface area (Å²) in [6, 6.07) is 15.9. The molecule has 0 saturated carbocycles. The smallest absolute Gasteiger partial charge is 0.263 e. The first-order valence-corrected chi connectivity index (χ1v) is 10.5. The fourth-order valence-electron chi connectivity index (χ4n) is 3.11. The number of nitrogens with one attached hydrogen (secondary N) is 1. The van der Waals surface area contributed by atoms with Gasteiger partial charge in [-0.05, 0) is 37.7 Å². The van der Waals surface area contributed by atoms with Gasteiger partial charge in [-0.3, -0.25) is 4.79 Å². The van der Waals surface area contributed by atoms with Gasteiger partial charge in [-0.15, -0.1) is 11.3 Å². The van der Waals surface area contributed by atoms with E-state index in [4.69, 9.17) is 9.47 Å². The van der Waals surface area contributed by atoms with Crippen LogP contribution in [-0.4, -0.2) is 50.1 Å². The van der Waals surface area contributed by atoms with E-state index in [0.29, 0.717) is 22.9 Å². The fraction of sp³-hybridized carbons (Fsp3) is 0.304. The zero-order valence-electron chi connectivity index (χ0n) is 17.8. The van der Waals surface area contributed by atoms with Gasteiger partial charge < -0.3 is 19.7 Å². The Hall–Kier alpha value is -2.90. The van der Waals surface area contributed by atoms with Crippen molar-refractivity contribution in [2.75, 3.05) is 34.4 Å². The lowest BCUT2D eigenvalue weighted by Crippen LogP contribution is -2.32. The van der Waals surface area contributed by atoms with Crippen molar-refractivity contribution in [3.8, 4) is 22.1 Å². The summed E-state index contributed by atoms with van der Waals surface area (Å²) in [7, 11) is 5.25. The van der Waals surface area contributed by atoms with Crippen molar-refractivity contribution in [1.82, 2.24) is 15.2 Å². The van der Waals surface area contributed by atoms with Gasteiger partial charge in [0.1, 0.15) is 9.88 Å². The summed E-state index contributed by atoms with van der Waals surface area (Å²) in [5.41, 5.74) is 2.87. The number of rotatable bonds is 9. The van der Waals surface area contributed by atoms with Crippen LogP contribution >= 0.6 is 11.3 Å². The van der Waals surface area contributed by atoms with Crippen molar-refractivity contribution in [2.24, 2.45) is 0 Å². The highest BCUT2D eigenvalue weighted by Gasteiger charge is 2.17. The summed E-state index contributed by atoms with van der Waals surface area (Å²) < 4.78 is 10.7. The summed E-state index contributed by atoms with van der Waals surface area (Å²) in [6.07, 6.45) is 0. The number of thiazole rings is 1. The topological polar surface area (TPSA) is 63.7 Å². The molecule has 0 aliphatic carbocycles. The van der Waals surface area contributed by atoms with Gasteiger partial charge in [-0.25, -0.2) is 4.98 Å². The van der Waals surface area contributed by atoms with Crippen LogP contribution in [0.15, 0.2) is 48.5 Å². The number of benzene rings is 2. The average Bonchev–Trinajstić information content (AvgIpc) is 3.15. The molecule has 0 saturated heterocycles. The van der Waals surface area contributed by atoms with E-state index >= 15 is 0 Å². The predicted octanol–water partition coefficient (Wildman–Crippen LogP) is 4.00. The molecule has 3 aromatic rings. The van der Waals surface area contributed by atoms with E-state index in [1.54, 1.807) is 14.2 Å². The molecule has 0 fully saturated rings. The normalized spacial score (nSPS) is 10.8. The van der Waals surface area contributed by atoms with Crippen molar-refractivity contribution in [1.29, 1.82) is 0 Å². The summed E-state index contributed by atoms with van der Waals surface area (Å²) in [5, 5.41) is 3.78. The molecule has 0 aliphatic heterocycles. The molecular weight excluding hydrogens is 398 g/mol. The molecule has 2 aromatic carbocycles. The van der Waals surface area contributed by atoms with Gasteiger partial charge in [0, 0.05) is 25.2 Å². The maximum absolute atomic E-state index is 12.7. The number of aryl methyl sites for hydroxylation is 1. The van der Waals surface area contributed by atoms with Gasteiger partial charge in [0.2, 0.25) is 0 Å². The molecule has 7 heteroatoms. The number of nitrogens with zero attached hydrogens (tertiary/aromatic N) is 2. The third-order valence-electron chi connectivity index (χ3n) is 4.71. The Bertz CT molecular complexity index is 989. The molecular formula is C23H27N3O3S. The van der Waals surface area contributed by atoms with Crippen LogP contribution < -0.4 is 14.8 Å². The second-order valence-corrected chi connectivity index (χ2v) is 7.98. The van der Waals surface area contributed by atoms with E-state index < -0.39 is 0 Å². The van der Waals surface area contributed by atoms with E-state index in [2.05, 4.69) is 27.3 Å². The van der Waals surface area contributed by atoms with Crippen LogP contribution in [0.25, 0.3) is 10.6 Å². The molecule has 158 valence electrons. The molecule has 0 atom stereocenters. The minimum atomic E-state index is -0.0927. The van der Waals surface area contributed by atoms with Gasteiger partial charge in [0.05, 0.1) is 19.9 Å². The number of ether oxygens (including phenoxy) is 2. The molecule has 30 heavy (non-hydrogen) atoms. The third kappa shape index (κ3) is 5.37. The van der Waals surface area contributed by atoms with Crippen molar-refractivity contribution in [3.05, 3.63) is 64.7 Å². The molecule has 1 aromatic heterocycles. The van der Waals surface area contributed by atoms with E-state index in [9.17, 15) is 4.79 Å². The number of methoxy groups -OCH3 is 2. The van der Waals surface area contributed by atoms with Crippen molar-refractivity contribution in [3.63, 3.8) is 0 Å². The number of amides is 1. The minimum Gasteiger partial charge on any atom is -0.493 e. The molecule has 1 amide bonds. The standard InChI is InChI=1S/C23H27N3O3S/c1-16-21(22(27)24-12-13-26(2)15-17-8-6-5-7-9-17)30-23(25-16)18-10-11-19(28-3)20(14-18)29-4/h5-11,14H,12-13,15H2,1-4H3,(H,24,27). The monoisotopic (exact) mass is 425 g/mol. The second-order valence-electron chi connectivity index (χ2n) is 6.98. The highest BCUT2D eigenvalue weighted by atomic mass is 32.1. The summed E-state index contributed by atoms with van der Waals surface area (Å²) in [4.78, 5) is 20.1. The molecule has 1 N–H and O–H groups in total. The lowest BCUT2D eigenvalue weighted by atomic mass is 10.2. The predicted molar refractivity (Wildman–Crippen MR) is 121 cm³/mol. The molecule has 0 unspecified atom stereocenters. The first kappa shape index (κ1) is 21.8. The van der Waals surface area contributed by atoms with Gasteiger partial charge in [-0.1, -0.05) is 30.3 Å². The molecule has 0 aliphatic rings. The van der Waals surface area contributed by atoms with Crippen LogP contribution in [0, 0.1) is 6.92 Å². The number of likely N-dealkylation sites (N-methyl/N-ethyl adjacent to an activating group) is 1. The Morgan fingerprint density at radius 3 is 2.53 bits per heavy atom. The van der Waals surface area contributed by atoms with Crippen molar-refractivity contribution < 1.29 is 14.3 Å². The van der Waals surface area contributed by atoms with Crippen molar-refractivity contribution >= 4 is 17.2 Å². The highest BCUT2D eigenvalue weighted by Crippen LogP contribution is 2.34. The Labute approximate surface area is 181 Å². The van der Waals surface area contributed by atoms with Crippen LogP contribution in [0.4, 0.5) is 0 Å². The van der Waals surface area contributed by atoms with Crippen LogP contribution in [0.2, 0.25) is 0 Å². The largest absolute Gasteiger partial charge is 0.493 e. The van der Waals surface area contributed by atoms with E-state index in [-0.39, 0.29) is 5.91 Å². The van der Waals surface area contributed by atoms with E-state index in [1.165, 1.54) is 16.9 Å². The molecule has 1 heterocycles. The SMILES string of the molecule is COc1ccc(-c2nc(C)c(C(=O)NCCN(C)Cc3ccccc3)s2)cc1OC. The maximum Gasteiger partial charge on any atom is 0.263 e. The van der Waals surface area contributed by atoms with E-state index in [0.717, 1.165) is 29.4 Å². The van der Waals surface area contributed by atoms with Gasteiger partial charge in [-0.2, -0.15) is 0 Å². The van der Waals surface area contributed by atoms with Crippen LogP contribution in [0.1, 0.15) is 20.9 Å². The van der Waals surface area contributed by atoms with Gasteiger partial charge >= 0.3 is 0 Å². The summed E-state index contributed by atoms with van der Waals surface area (Å²) >= 11 is 1.38. The zero-order valence-corrected chi connectivity index (χ0v) is 18.6. The van der Waals surface area contributed by atoms with Crippen molar-refractivity contribution in [2.45, 2.75) is 13.5 Å². The first-order chi connectivity index (χ1) is 14.5. The van der Waals surface area contributed by atoms with E-state index in [1.807, 2.05) is 50.4 Å². The Balaban J connectivity index is 1.60. The average molecular weight is 426 g/mol. The summed E-state index contributed by atoms with van der Waals surface area (Å²) in [5.74, 6) is 1.20. The number of hydrogen-bond acceptors (Lipinski definition) is 6. The fourth-order valence-corrected chi connectivity index (χ4v) is 4.09. The minimum absolute atomic E-state index is 0.0927. The molecule has 0 radical (unpaired) electrons. The quantitative estimate of drug-likeness (QED) is 0.561. The molecule has 0 bridgehead atoms. The third-order valence-corrected chi connectivity index (χ3v) is 5.91. The van der Waals surface area contributed by atoms with Crippen LogP contribution in [-0.2, 0) is 6.54 Å². The summed E-state index contributed by atoms with van der Waals surface area (Å²) in [6.45, 7) is 4.04. The number of hydrogen-bond donors (Lipinski definition) is 1. The van der Waals surface area contributed by atoms with Crippen LogP contribution in [0.3, 0.4) is 0 Å². The number of aromatic nitrogens is 1. The second kappa shape index (κ2) is 10.2. The Morgan fingerprint density at radius 1 is 1.10 bits per heavy atom. The van der Waals surface area contributed by atoms with Crippen LogP contribution in [0.5, 0.6) is 11.5 Å². The number of carbonyl (C=O) groups is 1. The Kier molecular flexibility index (Phi) is 7.43. The van der Waals surface area contributed by atoms with Gasteiger partial charge in [0.25, 0.3) is 5.91 Å². The lowest BCUT2D eigenvalue weighted by Gasteiger charge is -2.16.